The minimum Gasteiger partial charge on any atom is -0.372 e. The summed E-state index contributed by atoms with van der Waals surface area (Å²) in [6.07, 6.45) is 2.04. The molecule has 1 fully saturated rings. The van der Waals surface area contributed by atoms with Gasteiger partial charge in [0.1, 0.15) is 0 Å². The van der Waals surface area contributed by atoms with Gasteiger partial charge in [0.05, 0.1) is 4.90 Å². The molecular weight excluding hydrogens is 346 g/mol. The largest absolute Gasteiger partial charge is 0.372 e. The summed E-state index contributed by atoms with van der Waals surface area (Å²) in [5, 5.41) is 10.8. The summed E-state index contributed by atoms with van der Waals surface area (Å²) >= 11 is 0. The maximum Gasteiger partial charge on any atom is 0.238 e. The zero-order valence-corrected chi connectivity index (χ0v) is 16.7. The first-order valence-corrected chi connectivity index (χ1v) is 11.0. The molecule has 1 aliphatic heterocycles. The Morgan fingerprint density at radius 3 is 2.38 bits per heavy atom. The third-order valence-electron chi connectivity index (χ3n) is 5.57. The Hall–Kier alpha value is -1.63. The number of fused-ring (bicyclic) bond motifs is 1. The van der Waals surface area contributed by atoms with E-state index in [4.69, 9.17) is 5.14 Å². The zero-order chi connectivity index (χ0) is 18.9. The smallest absolute Gasteiger partial charge is 0.238 e. The molecule has 26 heavy (non-hydrogen) atoms. The van der Waals surface area contributed by atoms with E-state index in [0.29, 0.717) is 5.92 Å². The van der Waals surface area contributed by atoms with Crippen molar-refractivity contribution in [1.29, 1.82) is 0 Å². The van der Waals surface area contributed by atoms with E-state index in [1.807, 2.05) is 19.1 Å². The lowest BCUT2D eigenvalue weighted by atomic mass is 9.85. The number of primary sulfonamides is 1. The fourth-order valence-electron chi connectivity index (χ4n) is 4.26. The van der Waals surface area contributed by atoms with E-state index in [1.54, 1.807) is 0 Å². The third kappa shape index (κ3) is 3.46. The Balaban J connectivity index is 2.35. The molecule has 0 bridgehead atoms. The summed E-state index contributed by atoms with van der Waals surface area (Å²) in [7, 11) is -3.81. The van der Waals surface area contributed by atoms with E-state index in [2.05, 4.69) is 36.2 Å². The summed E-state index contributed by atoms with van der Waals surface area (Å²) in [5.74, 6) is 0.367. The van der Waals surface area contributed by atoms with Gasteiger partial charge in [-0.1, -0.05) is 12.1 Å². The van der Waals surface area contributed by atoms with Gasteiger partial charge in [-0.25, -0.2) is 13.6 Å². The first-order valence-electron chi connectivity index (χ1n) is 9.43. The van der Waals surface area contributed by atoms with Gasteiger partial charge >= 0.3 is 0 Å². The molecule has 1 aliphatic rings. The van der Waals surface area contributed by atoms with Crippen molar-refractivity contribution in [3.8, 4) is 0 Å². The number of benzene rings is 2. The molecule has 0 amide bonds. The van der Waals surface area contributed by atoms with Gasteiger partial charge in [0.15, 0.2) is 0 Å². The van der Waals surface area contributed by atoms with Crippen LogP contribution in [0, 0.1) is 6.92 Å². The summed E-state index contributed by atoms with van der Waals surface area (Å²) in [6.45, 7) is 9.80. The van der Waals surface area contributed by atoms with Gasteiger partial charge in [-0.05, 0) is 75.9 Å². The van der Waals surface area contributed by atoms with Gasteiger partial charge in [-0.3, -0.25) is 0 Å². The molecule has 6 heteroatoms. The lowest BCUT2D eigenvalue weighted by molar-refractivity contribution is 0.459. The number of sulfonamides is 1. The Morgan fingerprint density at radius 1 is 1.15 bits per heavy atom. The molecule has 2 aromatic rings. The molecule has 3 N–H and O–H groups in total. The summed E-state index contributed by atoms with van der Waals surface area (Å²) in [4.78, 5) is 2.55. The predicted octanol–water partition coefficient (Wildman–Crippen LogP) is 3.11. The van der Waals surface area contributed by atoms with Crippen LogP contribution < -0.4 is 15.4 Å². The highest BCUT2D eigenvalue weighted by molar-refractivity contribution is 7.89. The second-order valence-corrected chi connectivity index (χ2v) is 8.53. The number of nitrogens with one attached hydrogen (secondary N) is 1. The van der Waals surface area contributed by atoms with Crippen LogP contribution in [0.15, 0.2) is 29.2 Å². The number of piperidine rings is 1. The van der Waals surface area contributed by atoms with Gasteiger partial charge in [-0.15, -0.1) is 0 Å². The monoisotopic (exact) mass is 375 g/mol. The number of rotatable bonds is 5. The summed E-state index contributed by atoms with van der Waals surface area (Å²) in [5.41, 5.74) is 3.01. The highest BCUT2D eigenvalue weighted by Crippen LogP contribution is 2.39. The van der Waals surface area contributed by atoms with Crippen LogP contribution in [0.4, 0.5) is 5.69 Å². The SMILES string of the molecule is CCN(CC)c1cccc2c(S(N)(=O)=O)c(C)c(C3CCNCC3)cc12. The van der Waals surface area contributed by atoms with Crippen molar-refractivity contribution in [2.45, 2.75) is 44.4 Å². The number of hydrogen-bond donors (Lipinski definition) is 2. The minimum atomic E-state index is -3.81. The van der Waals surface area contributed by atoms with Crippen LogP contribution in [0.3, 0.4) is 0 Å². The van der Waals surface area contributed by atoms with Gasteiger partial charge in [0, 0.05) is 29.5 Å². The molecular formula is C20H29N3O2S. The number of nitrogens with zero attached hydrogens (tertiary/aromatic N) is 1. The standard InChI is InChI=1S/C20H29N3O2S/c1-4-23(5-2)19-8-6-7-16-18(19)13-17(15-9-11-22-12-10-15)14(3)20(16)26(21,24)25/h6-8,13,15,22H,4-5,9-12H2,1-3H3,(H2,21,24,25). The van der Waals surface area contributed by atoms with E-state index < -0.39 is 10.0 Å². The molecule has 3 rings (SSSR count). The Morgan fingerprint density at radius 2 is 1.81 bits per heavy atom. The highest BCUT2D eigenvalue weighted by atomic mass is 32.2. The molecule has 142 valence electrons. The Labute approximate surface area is 156 Å². The van der Waals surface area contributed by atoms with Gasteiger partial charge in [0.25, 0.3) is 0 Å². The molecule has 2 aromatic carbocycles. The van der Waals surface area contributed by atoms with E-state index in [9.17, 15) is 8.42 Å². The van der Waals surface area contributed by atoms with Crippen molar-refractivity contribution >= 4 is 26.5 Å². The fourth-order valence-corrected chi connectivity index (χ4v) is 5.29. The third-order valence-corrected chi connectivity index (χ3v) is 6.66. The topological polar surface area (TPSA) is 75.4 Å². The Kier molecular flexibility index (Phi) is 5.55. The van der Waals surface area contributed by atoms with Crippen LogP contribution in [-0.4, -0.2) is 34.6 Å². The van der Waals surface area contributed by atoms with Gasteiger partial charge in [-0.2, -0.15) is 0 Å². The summed E-state index contributed by atoms with van der Waals surface area (Å²) in [6, 6.07) is 8.09. The van der Waals surface area contributed by atoms with Gasteiger partial charge < -0.3 is 10.2 Å². The number of hydrogen-bond acceptors (Lipinski definition) is 4. The van der Waals surface area contributed by atoms with Crippen molar-refractivity contribution in [2.24, 2.45) is 5.14 Å². The first kappa shape index (κ1) is 19.1. The maximum atomic E-state index is 12.5. The van der Waals surface area contributed by atoms with Crippen LogP contribution in [0.25, 0.3) is 10.8 Å². The van der Waals surface area contributed by atoms with E-state index in [1.165, 1.54) is 0 Å². The number of nitrogens with two attached hydrogens (primary N) is 1. The molecule has 0 atom stereocenters. The van der Waals surface area contributed by atoms with Crippen LogP contribution in [0.1, 0.15) is 43.7 Å². The maximum absolute atomic E-state index is 12.5. The second kappa shape index (κ2) is 7.55. The molecule has 0 aliphatic carbocycles. The van der Waals surface area contributed by atoms with Crippen molar-refractivity contribution in [3.63, 3.8) is 0 Å². The van der Waals surface area contributed by atoms with E-state index >= 15 is 0 Å². The lowest BCUT2D eigenvalue weighted by Crippen LogP contribution is -2.27. The van der Waals surface area contributed by atoms with Crippen molar-refractivity contribution in [1.82, 2.24) is 5.32 Å². The average molecular weight is 376 g/mol. The van der Waals surface area contributed by atoms with E-state index in [0.717, 1.165) is 66.6 Å². The lowest BCUT2D eigenvalue weighted by Gasteiger charge is -2.28. The first-order chi connectivity index (χ1) is 12.4. The number of anilines is 1. The molecule has 0 radical (unpaired) electrons. The van der Waals surface area contributed by atoms with Crippen LogP contribution in [0.5, 0.6) is 0 Å². The molecule has 0 spiro atoms. The molecule has 1 saturated heterocycles. The zero-order valence-electron chi connectivity index (χ0n) is 15.9. The molecule has 0 aromatic heterocycles. The molecule has 1 heterocycles. The van der Waals surface area contributed by atoms with E-state index in [-0.39, 0.29) is 4.90 Å². The van der Waals surface area contributed by atoms with Crippen molar-refractivity contribution in [3.05, 3.63) is 35.4 Å². The fraction of sp³-hybridized carbons (Fsp3) is 0.500. The normalized spacial score (nSPS) is 16.2. The summed E-state index contributed by atoms with van der Waals surface area (Å²) < 4.78 is 24.9. The molecule has 5 nitrogen and oxygen atoms in total. The average Bonchev–Trinajstić information content (AvgIpc) is 2.62. The van der Waals surface area contributed by atoms with Crippen LogP contribution in [0.2, 0.25) is 0 Å². The van der Waals surface area contributed by atoms with Gasteiger partial charge in [0.2, 0.25) is 10.0 Å². The molecule has 0 saturated carbocycles. The highest BCUT2D eigenvalue weighted by Gasteiger charge is 2.25. The quantitative estimate of drug-likeness (QED) is 0.842. The second-order valence-electron chi connectivity index (χ2n) is 7.03. The minimum absolute atomic E-state index is 0.289. The predicted molar refractivity (Wildman–Crippen MR) is 108 cm³/mol. The van der Waals surface area contributed by atoms with Crippen molar-refractivity contribution in [2.75, 3.05) is 31.1 Å². The van der Waals surface area contributed by atoms with Crippen LogP contribution in [-0.2, 0) is 10.0 Å². The van der Waals surface area contributed by atoms with Crippen LogP contribution >= 0.6 is 0 Å². The van der Waals surface area contributed by atoms with Crippen molar-refractivity contribution < 1.29 is 8.42 Å². The molecule has 0 unspecified atom stereocenters. The Bertz CT molecular complexity index is 899.